The Morgan fingerprint density at radius 1 is 1.36 bits per heavy atom. The van der Waals surface area contributed by atoms with Crippen LogP contribution >= 0.6 is 0 Å². The maximum atomic E-state index is 8.80. The van der Waals surface area contributed by atoms with Gasteiger partial charge in [0.15, 0.2) is 0 Å². The highest BCUT2D eigenvalue weighted by Crippen LogP contribution is 2.21. The molecule has 0 aliphatic heterocycles. The Morgan fingerprint density at radius 3 is 2.93 bits per heavy atom. The van der Waals surface area contributed by atoms with Crippen molar-refractivity contribution in [3.8, 4) is 5.75 Å². The molecule has 0 aliphatic carbocycles. The molecule has 3 heteroatoms. The molecule has 0 amide bonds. The van der Waals surface area contributed by atoms with Gasteiger partial charge in [0.2, 0.25) is 0 Å². The molecule has 14 heavy (non-hydrogen) atoms. The second kappa shape index (κ2) is 3.72. The van der Waals surface area contributed by atoms with E-state index in [0.29, 0.717) is 6.42 Å². The lowest BCUT2D eigenvalue weighted by molar-refractivity contribution is 0.298. The standard InChI is InChI=1S/C11H13NO2/c1-14-10-2-3-11-8(7-10)6-9(12-11)4-5-13/h2-3,6-7,12-13H,4-5H2,1H3. The summed E-state index contributed by atoms with van der Waals surface area (Å²) in [6.45, 7) is 0.171. The van der Waals surface area contributed by atoms with Crippen molar-refractivity contribution in [1.29, 1.82) is 0 Å². The molecule has 1 heterocycles. The summed E-state index contributed by atoms with van der Waals surface area (Å²) in [5, 5.41) is 9.92. The predicted molar refractivity (Wildman–Crippen MR) is 55.6 cm³/mol. The number of aromatic nitrogens is 1. The Labute approximate surface area is 82.3 Å². The zero-order valence-corrected chi connectivity index (χ0v) is 8.08. The number of benzene rings is 1. The summed E-state index contributed by atoms with van der Waals surface area (Å²) >= 11 is 0. The van der Waals surface area contributed by atoms with Gasteiger partial charge in [-0.05, 0) is 24.3 Å². The van der Waals surface area contributed by atoms with Crippen molar-refractivity contribution in [2.24, 2.45) is 0 Å². The van der Waals surface area contributed by atoms with Crippen molar-refractivity contribution in [3.63, 3.8) is 0 Å². The first-order valence-corrected chi connectivity index (χ1v) is 4.60. The van der Waals surface area contributed by atoms with Crippen LogP contribution in [0.25, 0.3) is 10.9 Å². The van der Waals surface area contributed by atoms with Gasteiger partial charge in [0.25, 0.3) is 0 Å². The minimum Gasteiger partial charge on any atom is -0.497 e. The second-order valence-corrected chi connectivity index (χ2v) is 3.22. The highest BCUT2D eigenvalue weighted by molar-refractivity contribution is 5.81. The smallest absolute Gasteiger partial charge is 0.119 e. The lowest BCUT2D eigenvalue weighted by atomic mass is 10.2. The SMILES string of the molecule is COc1ccc2[nH]c(CCO)cc2c1. The van der Waals surface area contributed by atoms with Crippen molar-refractivity contribution in [1.82, 2.24) is 4.98 Å². The zero-order valence-electron chi connectivity index (χ0n) is 8.08. The largest absolute Gasteiger partial charge is 0.497 e. The molecule has 0 atom stereocenters. The van der Waals surface area contributed by atoms with Crippen LogP contribution < -0.4 is 4.74 Å². The number of rotatable bonds is 3. The number of aromatic amines is 1. The molecule has 0 bridgehead atoms. The number of H-pyrrole nitrogens is 1. The van der Waals surface area contributed by atoms with Crippen LogP contribution in [0.1, 0.15) is 5.69 Å². The molecule has 2 aromatic rings. The summed E-state index contributed by atoms with van der Waals surface area (Å²) in [6, 6.07) is 7.91. The Kier molecular flexibility index (Phi) is 2.41. The van der Waals surface area contributed by atoms with E-state index in [-0.39, 0.29) is 6.61 Å². The molecule has 0 unspecified atom stereocenters. The van der Waals surface area contributed by atoms with Gasteiger partial charge in [-0.3, -0.25) is 0 Å². The molecular formula is C11H13NO2. The van der Waals surface area contributed by atoms with Gasteiger partial charge in [-0.25, -0.2) is 0 Å². The van der Waals surface area contributed by atoms with Gasteiger partial charge in [-0.1, -0.05) is 0 Å². The van der Waals surface area contributed by atoms with Gasteiger partial charge in [-0.15, -0.1) is 0 Å². The van der Waals surface area contributed by atoms with Crippen molar-refractivity contribution in [2.45, 2.75) is 6.42 Å². The number of hydrogen-bond donors (Lipinski definition) is 2. The first kappa shape index (κ1) is 9.09. The molecule has 0 saturated heterocycles. The molecule has 2 rings (SSSR count). The second-order valence-electron chi connectivity index (χ2n) is 3.22. The lowest BCUT2D eigenvalue weighted by Crippen LogP contribution is -1.88. The van der Waals surface area contributed by atoms with Crippen LogP contribution in [0.4, 0.5) is 0 Å². The molecule has 1 aromatic heterocycles. The van der Waals surface area contributed by atoms with Crippen LogP contribution in [-0.4, -0.2) is 23.8 Å². The van der Waals surface area contributed by atoms with Crippen molar-refractivity contribution < 1.29 is 9.84 Å². The van der Waals surface area contributed by atoms with E-state index in [4.69, 9.17) is 9.84 Å². The van der Waals surface area contributed by atoms with E-state index >= 15 is 0 Å². The van der Waals surface area contributed by atoms with Crippen molar-refractivity contribution in [2.75, 3.05) is 13.7 Å². The van der Waals surface area contributed by atoms with Crippen LogP contribution in [0.2, 0.25) is 0 Å². The molecule has 1 aromatic carbocycles. The molecule has 3 nitrogen and oxygen atoms in total. The third-order valence-electron chi connectivity index (χ3n) is 2.26. The Morgan fingerprint density at radius 2 is 2.21 bits per heavy atom. The molecule has 74 valence electrons. The fourth-order valence-electron chi connectivity index (χ4n) is 1.55. The predicted octanol–water partition coefficient (Wildman–Crippen LogP) is 1.71. The summed E-state index contributed by atoms with van der Waals surface area (Å²) in [6.07, 6.45) is 0.664. The summed E-state index contributed by atoms with van der Waals surface area (Å²) in [5.41, 5.74) is 2.13. The maximum Gasteiger partial charge on any atom is 0.119 e. The normalized spacial score (nSPS) is 10.7. The van der Waals surface area contributed by atoms with E-state index in [2.05, 4.69) is 4.98 Å². The van der Waals surface area contributed by atoms with Crippen LogP contribution in [-0.2, 0) is 6.42 Å². The average Bonchev–Trinajstić information content (AvgIpc) is 2.59. The topological polar surface area (TPSA) is 45.2 Å². The molecule has 0 saturated carbocycles. The van der Waals surface area contributed by atoms with Gasteiger partial charge >= 0.3 is 0 Å². The number of ether oxygens (including phenoxy) is 1. The summed E-state index contributed by atoms with van der Waals surface area (Å²) in [5.74, 6) is 0.854. The third kappa shape index (κ3) is 1.59. The van der Waals surface area contributed by atoms with Crippen LogP contribution in [0.3, 0.4) is 0 Å². The van der Waals surface area contributed by atoms with Crippen LogP contribution in [0, 0.1) is 0 Å². The number of hydrogen-bond acceptors (Lipinski definition) is 2. The maximum absolute atomic E-state index is 8.80. The van der Waals surface area contributed by atoms with E-state index in [0.717, 1.165) is 22.3 Å². The van der Waals surface area contributed by atoms with E-state index in [9.17, 15) is 0 Å². The lowest BCUT2D eigenvalue weighted by Gasteiger charge is -1.97. The number of fused-ring (bicyclic) bond motifs is 1. The number of aliphatic hydroxyl groups excluding tert-OH is 1. The number of nitrogens with one attached hydrogen (secondary N) is 1. The fourth-order valence-corrected chi connectivity index (χ4v) is 1.55. The quantitative estimate of drug-likeness (QED) is 0.775. The van der Waals surface area contributed by atoms with Gasteiger partial charge in [0, 0.05) is 29.6 Å². The fraction of sp³-hybridized carbons (Fsp3) is 0.273. The zero-order chi connectivity index (χ0) is 9.97. The molecular weight excluding hydrogens is 178 g/mol. The first-order valence-electron chi connectivity index (χ1n) is 4.60. The van der Waals surface area contributed by atoms with Gasteiger partial charge in [-0.2, -0.15) is 0 Å². The highest BCUT2D eigenvalue weighted by atomic mass is 16.5. The van der Waals surface area contributed by atoms with E-state index in [1.54, 1.807) is 7.11 Å². The van der Waals surface area contributed by atoms with Crippen LogP contribution in [0.15, 0.2) is 24.3 Å². The Balaban J connectivity index is 2.43. The van der Waals surface area contributed by atoms with Crippen molar-refractivity contribution >= 4 is 10.9 Å². The molecule has 2 N–H and O–H groups in total. The number of aliphatic hydroxyl groups is 1. The Hall–Kier alpha value is -1.48. The highest BCUT2D eigenvalue weighted by Gasteiger charge is 2.01. The van der Waals surface area contributed by atoms with E-state index < -0.39 is 0 Å². The molecule has 0 fully saturated rings. The summed E-state index contributed by atoms with van der Waals surface area (Å²) < 4.78 is 5.13. The monoisotopic (exact) mass is 191 g/mol. The molecule has 0 radical (unpaired) electrons. The average molecular weight is 191 g/mol. The minimum atomic E-state index is 0.171. The van der Waals surface area contributed by atoms with Gasteiger partial charge in [0.1, 0.15) is 5.75 Å². The Bertz CT molecular complexity index is 434. The van der Waals surface area contributed by atoms with Crippen LogP contribution in [0.5, 0.6) is 5.75 Å². The first-order chi connectivity index (χ1) is 6.83. The minimum absolute atomic E-state index is 0.171. The summed E-state index contributed by atoms with van der Waals surface area (Å²) in [7, 11) is 1.66. The molecule has 0 aliphatic rings. The summed E-state index contributed by atoms with van der Waals surface area (Å²) in [4.78, 5) is 3.23. The van der Waals surface area contributed by atoms with Crippen molar-refractivity contribution in [3.05, 3.63) is 30.0 Å². The van der Waals surface area contributed by atoms with Gasteiger partial charge < -0.3 is 14.8 Å². The van der Waals surface area contributed by atoms with E-state index in [1.165, 1.54) is 0 Å². The van der Waals surface area contributed by atoms with Gasteiger partial charge in [0.05, 0.1) is 7.11 Å². The molecule has 0 spiro atoms. The third-order valence-corrected chi connectivity index (χ3v) is 2.26. The van der Waals surface area contributed by atoms with E-state index in [1.807, 2.05) is 24.3 Å². The number of methoxy groups -OCH3 is 1.